The van der Waals surface area contributed by atoms with Crippen LogP contribution >= 0.6 is 0 Å². The van der Waals surface area contributed by atoms with Gasteiger partial charge in [-0.05, 0) is 83.5 Å². The Kier molecular flexibility index (Phi) is 46.9. The van der Waals surface area contributed by atoms with Gasteiger partial charge in [0, 0.05) is 19.3 Å². The molecule has 0 rings (SSSR count). The first-order valence-electron chi connectivity index (χ1n) is 25.4. The SMILES string of the molecule is CC/C=C\C/C=C\C/C=C\CCCCCCCCC(=O)OCC(COC(=O)CCCCCCCCCCCCCCC)OC(=O)CCCCCC/C=C\C/C=C\C/C=C\CC. The fourth-order valence-electron chi connectivity index (χ4n) is 6.94. The molecule has 0 aromatic heterocycles. The number of carbonyl (C=O) groups excluding carboxylic acids is 3. The summed E-state index contributed by atoms with van der Waals surface area (Å²) in [5, 5.41) is 0. The van der Waals surface area contributed by atoms with E-state index in [9.17, 15) is 14.4 Å². The molecule has 0 radical (unpaired) electrons. The van der Waals surface area contributed by atoms with Crippen molar-refractivity contribution >= 4 is 17.9 Å². The molecular formula is C55H94O6. The topological polar surface area (TPSA) is 78.9 Å². The van der Waals surface area contributed by atoms with Crippen LogP contribution in [-0.4, -0.2) is 37.2 Å². The molecular weight excluding hydrogens is 757 g/mol. The lowest BCUT2D eigenvalue weighted by molar-refractivity contribution is -0.167. The molecule has 6 nitrogen and oxygen atoms in total. The van der Waals surface area contributed by atoms with E-state index in [1.165, 1.54) is 83.5 Å². The number of carbonyl (C=O) groups is 3. The highest BCUT2D eigenvalue weighted by Gasteiger charge is 2.19. The van der Waals surface area contributed by atoms with Crippen LogP contribution in [0.5, 0.6) is 0 Å². The molecule has 0 bridgehead atoms. The number of unbranched alkanes of at least 4 members (excludes halogenated alkanes) is 22. The van der Waals surface area contributed by atoms with Crippen LogP contribution in [0.25, 0.3) is 0 Å². The predicted molar refractivity (Wildman–Crippen MR) is 261 cm³/mol. The molecule has 0 spiro atoms. The van der Waals surface area contributed by atoms with Crippen molar-refractivity contribution in [3.05, 3.63) is 72.9 Å². The van der Waals surface area contributed by atoms with Gasteiger partial charge in [0.25, 0.3) is 0 Å². The van der Waals surface area contributed by atoms with Gasteiger partial charge >= 0.3 is 17.9 Å². The van der Waals surface area contributed by atoms with Crippen molar-refractivity contribution < 1.29 is 28.6 Å². The highest BCUT2D eigenvalue weighted by Crippen LogP contribution is 2.15. The van der Waals surface area contributed by atoms with Gasteiger partial charge in [-0.3, -0.25) is 14.4 Å². The highest BCUT2D eigenvalue weighted by atomic mass is 16.6. The average Bonchev–Trinajstić information content (AvgIpc) is 3.26. The second-order valence-corrected chi connectivity index (χ2v) is 16.7. The number of esters is 3. The maximum Gasteiger partial charge on any atom is 0.306 e. The van der Waals surface area contributed by atoms with E-state index in [2.05, 4.69) is 93.7 Å². The van der Waals surface area contributed by atoms with Crippen LogP contribution in [0.15, 0.2) is 72.9 Å². The van der Waals surface area contributed by atoms with E-state index in [1.54, 1.807) is 0 Å². The zero-order chi connectivity index (χ0) is 44.4. The van der Waals surface area contributed by atoms with Gasteiger partial charge in [-0.2, -0.15) is 0 Å². The molecule has 0 N–H and O–H groups in total. The normalized spacial score (nSPS) is 12.6. The Hall–Kier alpha value is -3.15. The van der Waals surface area contributed by atoms with Crippen molar-refractivity contribution in [2.75, 3.05) is 13.2 Å². The predicted octanol–water partition coefficient (Wildman–Crippen LogP) is 16.6. The zero-order valence-corrected chi connectivity index (χ0v) is 39.9. The van der Waals surface area contributed by atoms with Gasteiger partial charge in [-0.15, -0.1) is 0 Å². The highest BCUT2D eigenvalue weighted by molar-refractivity contribution is 5.71. The zero-order valence-electron chi connectivity index (χ0n) is 39.9. The molecule has 0 aromatic carbocycles. The van der Waals surface area contributed by atoms with Crippen LogP contribution in [0.1, 0.15) is 239 Å². The summed E-state index contributed by atoms with van der Waals surface area (Å²) < 4.78 is 16.8. The maximum atomic E-state index is 12.8. The molecule has 61 heavy (non-hydrogen) atoms. The van der Waals surface area contributed by atoms with Gasteiger partial charge in [0.2, 0.25) is 0 Å². The summed E-state index contributed by atoms with van der Waals surface area (Å²) >= 11 is 0. The number of allylic oxidation sites excluding steroid dienone is 12. The molecule has 0 aliphatic heterocycles. The van der Waals surface area contributed by atoms with E-state index in [4.69, 9.17) is 14.2 Å². The number of hydrogen-bond acceptors (Lipinski definition) is 6. The molecule has 6 heteroatoms. The number of rotatable bonds is 45. The van der Waals surface area contributed by atoms with Crippen LogP contribution in [0.2, 0.25) is 0 Å². The van der Waals surface area contributed by atoms with Gasteiger partial charge in [0.1, 0.15) is 13.2 Å². The summed E-state index contributed by atoms with van der Waals surface area (Å²) in [4.78, 5) is 37.9. The van der Waals surface area contributed by atoms with Gasteiger partial charge in [-0.1, -0.05) is 209 Å². The van der Waals surface area contributed by atoms with Gasteiger partial charge < -0.3 is 14.2 Å². The second-order valence-electron chi connectivity index (χ2n) is 16.7. The largest absolute Gasteiger partial charge is 0.462 e. The van der Waals surface area contributed by atoms with Crippen LogP contribution in [0.4, 0.5) is 0 Å². The van der Waals surface area contributed by atoms with Crippen LogP contribution in [0, 0.1) is 0 Å². The standard InChI is InChI=1S/C55H94O6/c1-4-7-10-13-16-19-22-25-27-28-31-33-36-39-42-45-48-54(57)60-51-52(50-59-53(56)47-44-41-38-35-32-29-24-21-18-15-12-9-6-3)61-55(58)49-46-43-40-37-34-30-26-23-20-17-14-11-8-5-2/h7-8,10-11,16-17,19-20,25-27,30,52H,4-6,9,12-15,18,21-24,28-29,31-51H2,1-3H3/b10-7-,11-8-,19-16-,20-17-,27-25-,30-26-. The van der Waals surface area contributed by atoms with Crippen LogP contribution in [-0.2, 0) is 28.6 Å². The quantitative estimate of drug-likeness (QED) is 0.0263. The Morgan fingerprint density at radius 3 is 1.00 bits per heavy atom. The van der Waals surface area contributed by atoms with Crippen molar-refractivity contribution in [1.82, 2.24) is 0 Å². The minimum atomic E-state index is -0.790. The first-order valence-corrected chi connectivity index (χ1v) is 25.4. The van der Waals surface area contributed by atoms with E-state index >= 15 is 0 Å². The Labute approximate surface area is 376 Å². The molecule has 0 fully saturated rings. The maximum absolute atomic E-state index is 12.8. The van der Waals surface area contributed by atoms with E-state index in [0.717, 1.165) is 116 Å². The third-order valence-corrected chi connectivity index (χ3v) is 10.7. The minimum Gasteiger partial charge on any atom is -0.462 e. The average molecular weight is 851 g/mol. The molecule has 0 aromatic rings. The second kappa shape index (κ2) is 49.5. The van der Waals surface area contributed by atoms with Crippen molar-refractivity contribution in [2.24, 2.45) is 0 Å². The summed E-state index contributed by atoms with van der Waals surface area (Å²) in [5.41, 5.74) is 0. The Bertz CT molecular complexity index is 1160. The summed E-state index contributed by atoms with van der Waals surface area (Å²) in [6, 6.07) is 0. The lowest BCUT2D eigenvalue weighted by Gasteiger charge is -2.18. The first-order chi connectivity index (χ1) is 30.0. The molecule has 0 heterocycles. The summed E-state index contributed by atoms with van der Waals surface area (Å²) in [5.74, 6) is -0.921. The van der Waals surface area contributed by atoms with Gasteiger partial charge in [0.15, 0.2) is 6.10 Å². The first kappa shape index (κ1) is 57.9. The summed E-state index contributed by atoms with van der Waals surface area (Å²) in [6.07, 6.45) is 61.7. The summed E-state index contributed by atoms with van der Waals surface area (Å²) in [7, 11) is 0. The van der Waals surface area contributed by atoms with E-state index in [-0.39, 0.29) is 31.1 Å². The van der Waals surface area contributed by atoms with E-state index < -0.39 is 6.10 Å². The van der Waals surface area contributed by atoms with E-state index in [0.29, 0.717) is 19.3 Å². The molecule has 0 aliphatic rings. The lowest BCUT2D eigenvalue weighted by Crippen LogP contribution is -2.30. The molecule has 350 valence electrons. The van der Waals surface area contributed by atoms with Gasteiger partial charge in [-0.25, -0.2) is 0 Å². The van der Waals surface area contributed by atoms with Crippen LogP contribution < -0.4 is 0 Å². The monoisotopic (exact) mass is 851 g/mol. The van der Waals surface area contributed by atoms with Crippen molar-refractivity contribution in [3.8, 4) is 0 Å². The van der Waals surface area contributed by atoms with E-state index in [1.807, 2.05) is 0 Å². The fraction of sp³-hybridized carbons (Fsp3) is 0.727. The third kappa shape index (κ3) is 47.7. The fourth-order valence-corrected chi connectivity index (χ4v) is 6.94. The molecule has 1 atom stereocenters. The van der Waals surface area contributed by atoms with Crippen molar-refractivity contribution in [2.45, 2.75) is 245 Å². The molecule has 0 amide bonds. The lowest BCUT2D eigenvalue weighted by atomic mass is 10.0. The van der Waals surface area contributed by atoms with Crippen molar-refractivity contribution in [1.29, 1.82) is 0 Å². The van der Waals surface area contributed by atoms with Crippen molar-refractivity contribution in [3.63, 3.8) is 0 Å². The number of hydrogen-bond donors (Lipinski definition) is 0. The summed E-state index contributed by atoms with van der Waals surface area (Å²) in [6.45, 7) is 6.38. The molecule has 0 saturated carbocycles. The molecule has 0 aliphatic carbocycles. The van der Waals surface area contributed by atoms with Gasteiger partial charge in [0.05, 0.1) is 0 Å². The molecule has 0 saturated heterocycles. The smallest absolute Gasteiger partial charge is 0.306 e. The Morgan fingerprint density at radius 2 is 0.639 bits per heavy atom. The Morgan fingerprint density at radius 1 is 0.344 bits per heavy atom. The minimum absolute atomic E-state index is 0.0875. The third-order valence-electron chi connectivity index (χ3n) is 10.7. The number of ether oxygens (including phenoxy) is 3. The van der Waals surface area contributed by atoms with Crippen LogP contribution in [0.3, 0.4) is 0 Å². The Balaban J connectivity index is 4.43. The molecule has 1 unspecified atom stereocenters.